The standard InChI is InChI=1S/C18H23N3O2S/c1-13-12-21(8-10-23-13)9-11-24-18-19-16(14(2)17(22)20-18)15-6-4-3-5-7-15/h3-7,13H,8-12H2,1-2H3,(H,19,20,22)/t13-/m1/s1. The molecule has 0 spiro atoms. The fraction of sp³-hybridized carbons (Fsp3) is 0.444. The number of aromatic amines is 1. The minimum Gasteiger partial charge on any atom is -0.376 e. The van der Waals surface area contributed by atoms with Crippen LogP contribution in [0.4, 0.5) is 0 Å². The van der Waals surface area contributed by atoms with E-state index in [1.807, 2.05) is 37.3 Å². The molecule has 1 atom stereocenters. The van der Waals surface area contributed by atoms with Gasteiger partial charge in [0.15, 0.2) is 5.16 Å². The number of thioether (sulfide) groups is 1. The Morgan fingerprint density at radius 2 is 2.17 bits per heavy atom. The molecule has 0 unspecified atom stereocenters. The molecule has 1 aliphatic rings. The van der Waals surface area contributed by atoms with E-state index in [1.165, 1.54) is 0 Å². The number of benzene rings is 1. The largest absolute Gasteiger partial charge is 0.376 e. The van der Waals surface area contributed by atoms with Gasteiger partial charge >= 0.3 is 0 Å². The second-order valence-corrected chi connectivity index (χ2v) is 7.12. The first-order valence-corrected chi connectivity index (χ1v) is 9.25. The third kappa shape index (κ3) is 4.26. The van der Waals surface area contributed by atoms with E-state index in [2.05, 4.69) is 21.8 Å². The van der Waals surface area contributed by atoms with Gasteiger partial charge in [0.1, 0.15) is 0 Å². The average Bonchev–Trinajstić information content (AvgIpc) is 2.59. The Balaban J connectivity index is 1.68. The Morgan fingerprint density at radius 1 is 1.38 bits per heavy atom. The van der Waals surface area contributed by atoms with Gasteiger partial charge in [-0.1, -0.05) is 42.1 Å². The van der Waals surface area contributed by atoms with Crippen LogP contribution in [-0.4, -0.2) is 53.0 Å². The van der Waals surface area contributed by atoms with Gasteiger partial charge in [0.25, 0.3) is 5.56 Å². The van der Waals surface area contributed by atoms with E-state index in [9.17, 15) is 4.79 Å². The van der Waals surface area contributed by atoms with E-state index in [1.54, 1.807) is 11.8 Å². The molecule has 0 bridgehead atoms. The van der Waals surface area contributed by atoms with Gasteiger partial charge in [0.2, 0.25) is 0 Å². The summed E-state index contributed by atoms with van der Waals surface area (Å²) in [6.07, 6.45) is 0.297. The summed E-state index contributed by atoms with van der Waals surface area (Å²) in [6.45, 7) is 7.62. The van der Waals surface area contributed by atoms with E-state index >= 15 is 0 Å². The summed E-state index contributed by atoms with van der Waals surface area (Å²) in [4.78, 5) is 22.2. The van der Waals surface area contributed by atoms with Gasteiger partial charge in [0, 0.05) is 36.5 Å². The van der Waals surface area contributed by atoms with Crippen molar-refractivity contribution in [1.82, 2.24) is 14.9 Å². The minimum atomic E-state index is -0.0636. The summed E-state index contributed by atoms with van der Waals surface area (Å²) in [5, 5.41) is 0.686. The van der Waals surface area contributed by atoms with E-state index < -0.39 is 0 Å². The summed E-state index contributed by atoms with van der Waals surface area (Å²) in [6, 6.07) is 9.86. The molecule has 1 aromatic carbocycles. The third-order valence-electron chi connectivity index (χ3n) is 4.15. The molecule has 128 valence electrons. The number of H-pyrrole nitrogens is 1. The molecule has 24 heavy (non-hydrogen) atoms. The smallest absolute Gasteiger partial charge is 0.255 e. The van der Waals surface area contributed by atoms with Crippen LogP contribution < -0.4 is 5.56 Å². The molecule has 2 heterocycles. The summed E-state index contributed by atoms with van der Waals surface area (Å²) in [5.41, 5.74) is 2.34. The highest BCUT2D eigenvalue weighted by molar-refractivity contribution is 7.99. The zero-order chi connectivity index (χ0) is 16.9. The molecule has 0 radical (unpaired) electrons. The van der Waals surface area contributed by atoms with Crippen LogP contribution in [0.15, 0.2) is 40.3 Å². The number of rotatable bonds is 5. The lowest BCUT2D eigenvalue weighted by atomic mass is 10.1. The van der Waals surface area contributed by atoms with Crippen molar-refractivity contribution in [2.24, 2.45) is 0 Å². The molecule has 5 nitrogen and oxygen atoms in total. The van der Waals surface area contributed by atoms with Crippen molar-refractivity contribution < 1.29 is 4.74 Å². The fourth-order valence-electron chi connectivity index (χ4n) is 2.82. The van der Waals surface area contributed by atoms with Gasteiger partial charge in [0.05, 0.1) is 18.4 Å². The number of nitrogens with zero attached hydrogens (tertiary/aromatic N) is 2. The number of hydrogen-bond acceptors (Lipinski definition) is 5. The molecular weight excluding hydrogens is 322 g/mol. The first-order chi connectivity index (χ1) is 11.6. The third-order valence-corrected chi connectivity index (χ3v) is 5.00. The Morgan fingerprint density at radius 3 is 2.92 bits per heavy atom. The van der Waals surface area contributed by atoms with E-state index in [0.717, 1.165) is 43.3 Å². The van der Waals surface area contributed by atoms with Gasteiger partial charge in [-0.3, -0.25) is 9.69 Å². The second kappa shape index (κ2) is 7.96. The predicted octanol–water partition coefficient (Wildman–Crippen LogP) is 2.56. The molecule has 1 aliphatic heterocycles. The molecule has 1 N–H and O–H groups in total. The highest BCUT2D eigenvalue weighted by Gasteiger charge is 2.16. The van der Waals surface area contributed by atoms with Crippen molar-refractivity contribution in [2.45, 2.75) is 25.1 Å². The maximum Gasteiger partial charge on any atom is 0.255 e. The molecule has 0 saturated carbocycles. The topological polar surface area (TPSA) is 58.2 Å². The highest BCUT2D eigenvalue weighted by Crippen LogP contribution is 2.21. The average molecular weight is 345 g/mol. The molecule has 1 aromatic heterocycles. The Hall–Kier alpha value is -1.63. The molecule has 1 fully saturated rings. The molecule has 3 rings (SSSR count). The number of ether oxygens (including phenoxy) is 1. The van der Waals surface area contributed by atoms with Crippen LogP contribution in [0.3, 0.4) is 0 Å². The van der Waals surface area contributed by atoms with Crippen LogP contribution >= 0.6 is 11.8 Å². The zero-order valence-corrected chi connectivity index (χ0v) is 14.9. The number of hydrogen-bond donors (Lipinski definition) is 1. The molecular formula is C18H23N3O2S. The second-order valence-electron chi connectivity index (χ2n) is 6.04. The number of morpholine rings is 1. The van der Waals surface area contributed by atoms with Crippen molar-refractivity contribution in [3.63, 3.8) is 0 Å². The first-order valence-electron chi connectivity index (χ1n) is 8.26. The van der Waals surface area contributed by atoms with Crippen LogP contribution in [0.2, 0.25) is 0 Å². The highest BCUT2D eigenvalue weighted by atomic mass is 32.2. The lowest BCUT2D eigenvalue weighted by molar-refractivity contribution is -0.0158. The molecule has 1 saturated heterocycles. The van der Waals surface area contributed by atoms with E-state index in [-0.39, 0.29) is 5.56 Å². The lowest BCUT2D eigenvalue weighted by Crippen LogP contribution is -2.42. The summed E-state index contributed by atoms with van der Waals surface area (Å²) in [7, 11) is 0. The van der Waals surface area contributed by atoms with Crippen LogP contribution in [0.25, 0.3) is 11.3 Å². The van der Waals surface area contributed by atoms with Gasteiger partial charge in [-0.15, -0.1) is 0 Å². The van der Waals surface area contributed by atoms with Crippen LogP contribution in [-0.2, 0) is 4.74 Å². The summed E-state index contributed by atoms with van der Waals surface area (Å²) in [5.74, 6) is 0.896. The van der Waals surface area contributed by atoms with Gasteiger partial charge in [-0.25, -0.2) is 4.98 Å². The van der Waals surface area contributed by atoms with E-state index in [0.29, 0.717) is 16.8 Å². The van der Waals surface area contributed by atoms with Gasteiger partial charge < -0.3 is 9.72 Å². The van der Waals surface area contributed by atoms with Crippen LogP contribution in [0.1, 0.15) is 12.5 Å². The van der Waals surface area contributed by atoms with Crippen molar-refractivity contribution >= 4 is 11.8 Å². The molecule has 6 heteroatoms. The molecule has 0 amide bonds. The molecule has 0 aliphatic carbocycles. The van der Waals surface area contributed by atoms with E-state index in [4.69, 9.17) is 4.74 Å². The number of aromatic nitrogens is 2. The SMILES string of the molecule is Cc1c(-c2ccccc2)nc(SCCN2CCO[C@H](C)C2)[nH]c1=O. The normalized spacial score (nSPS) is 18.7. The Kier molecular flexibility index (Phi) is 5.71. The maximum absolute atomic E-state index is 12.2. The van der Waals surface area contributed by atoms with Crippen molar-refractivity contribution in [3.05, 3.63) is 46.2 Å². The maximum atomic E-state index is 12.2. The number of nitrogens with one attached hydrogen (secondary N) is 1. The van der Waals surface area contributed by atoms with Crippen molar-refractivity contribution in [1.29, 1.82) is 0 Å². The van der Waals surface area contributed by atoms with Crippen LogP contribution in [0, 0.1) is 6.92 Å². The summed E-state index contributed by atoms with van der Waals surface area (Å²) < 4.78 is 5.56. The fourth-order valence-corrected chi connectivity index (χ4v) is 3.69. The Labute approximate surface area is 146 Å². The summed E-state index contributed by atoms with van der Waals surface area (Å²) >= 11 is 1.60. The van der Waals surface area contributed by atoms with Gasteiger partial charge in [-0.05, 0) is 13.8 Å². The lowest BCUT2D eigenvalue weighted by Gasteiger charge is -2.30. The predicted molar refractivity (Wildman–Crippen MR) is 97.6 cm³/mol. The van der Waals surface area contributed by atoms with Crippen molar-refractivity contribution in [3.8, 4) is 11.3 Å². The van der Waals surface area contributed by atoms with Crippen LogP contribution in [0.5, 0.6) is 0 Å². The van der Waals surface area contributed by atoms with Gasteiger partial charge in [-0.2, -0.15) is 0 Å². The monoisotopic (exact) mass is 345 g/mol. The Bertz CT molecular complexity index is 733. The zero-order valence-electron chi connectivity index (χ0n) is 14.1. The quantitative estimate of drug-likeness (QED) is 0.667. The molecule has 2 aromatic rings. The first kappa shape index (κ1) is 17.2. The van der Waals surface area contributed by atoms with Crippen molar-refractivity contribution in [2.75, 3.05) is 32.0 Å². The minimum absolute atomic E-state index is 0.0636.